The van der Waals surface area contributed by atoms with Crippen molar-refractivity contribution >= 4 is 57.0 Å². The summed E-state index contributed by atoms with van der Waals surface area (Å²) >= 11 is 6.37. The summed E-state index contributed by atoms with van der Waals surface area (Å²) in [5.41, 5.74) is 1.00. The Labute approximate surface area is 217 Å². The van der Waals surface area contributed by atoms with E-state index in [0.29, 0.717) is 17.7 Å². The number of carbonyl (C=O) groups is 4. The van der Waals surface area contributed by atoms with Gasteiger partial charge in [-0.2, -0.15) is 5.10 Å². The Bertz CT molecular complexity index is 1350. The summed E-state index contributed by atoms with van der Waals surface area (Å²) in [6.45, 7) is 1.00. The maximum absolute atomic E-state index is 12.3. The van der Waals surface area contributed by atoms with Crippen LogP contribution in [0, 0.1) is 6.92 Å². The second kappa shape index (κ2) is 11.6. The molecule has 2 aromatic rings. The molecule has 0 unspecified atom stereocenters. The number of amides is 1. The van der Waals surface area contributed by atoms with Gasteiger partial charge in [0.05, 0.1) is 48.6 Å². The van der Waals surface area contributed by atoms with Crippen LogP contribution in [0.25, 0.3) is 6.08 Å². The van der Waals surface area contributed by atoms with Gasteiger partial charge in [0.25, 0.3) is 5.91 Å². The molecule has 1 aromatic heterocycles. The van der Waals surface area contributed by atoms with Crippen molar-refractivity contribution in [2.75, 3.05) is 37.6 Å². The van der Waals surface area contributed by atoms with E-state index in [0.717, 1.165) is 20.3 Å². The van der Waals surface area contributed by atoms with E-state index in [9.17, 15) is 27.6 Å². The van der Waals surface area contributed by atoms with Gasteiger partial charge < -0.3 is 19.5 Å². The summed E-state index contributed by atoms with van der Waals surface area (Å²) in [7, 11) is -0.812. The smallest absolute Gasteiger partial charge is 0.337 e. The first-order valence-electron chi connectivity index (χ1n) is 10.9. The van der Waals surface area contributed by atoms with Gasteiger partial charge in [0.1, 0.15) is 5.15 Å². The lowest BCUT2D eigenvalue weighted by atomic mass is 10.1. The van der Waals surface area contributed by atoms with Crippen LogP contribution in [-0.2, 0) is 33.6 Å². The fourth-order valence-electron chi connectivity index (χ4n) is 3.64. The van der Waals surface area contributed by atoms with Crippen LogP contribution < -0.4 is 5.32 Å². The van der Waals surface area contributed by atoms with Gasteiger partial charge in [-0.1, -0.05) is 11.6 Å². The number of esters is 3. The average molecular weight is 554 g/mol. The molecule has 0 radical (unpaired) electrons. The predicted molar refractivity (Wildman–Crippen MR) is 132 cm³/mol. The first-order valence-corrected chi connectivity index (χ1v) is 13.1. The minimum atomic E-state index is -3.14. The minimum Gasteiger partial charge on any atom is -0.465 e. The second-order valence-corrected chi connectivity index (χ2v) is 10.6. The Balaban J connectivity index is 1.62. The topological polar surface area (TPSA) is 160 Å². The molecule has 0 saturated carbocycles. The summed E-state index contributed by atoms with van der Waals surface area (Å²) in [6, 6.07) is 3.44. The Hall–Kier alpha value is -3.71. The number of hydrogen-bond donors (Lipinski definition) is 1. The molecular weight excluding hydrogens is 530 g/mol. The van der Waals surface area contributed by atoms with E-state index in [2.05, 4.69) is 19.9 Å². The van der Waals surface area contributed by atoms with Crippen LogP contribution in [-0.4, -0.2) is 74.3 Å². The fourth-order valence-corrected chi connectivity index (χ4v) is 5.70. The molecule has 3 rings (SSSR count). The van der Waals surface area contributed by atoms with Gasteiger partial charge in [-0.25, -0.2) is 27.5 Å². The zero-order chi connectivity index (χ0) is 27.3. The standard InChI is InChI=1S/C23H24ClN3O9S/c1-13-18(21(24)27(26-13)17-6-7-37(32,33)12-17)4-5-20(29)36-11-19(28)25-16-9-14(22(30)34-2)8-15(10-16)23(31)35-3/h4-5,8-10,17H,6-7,11-12H2,1-3H3,(H,25,28)/b5-4+/t17-/m1/s1. The number of aromatic nitrogens is 2. The SMILES string of the molecule is COC(=O)c1cc(NC(=O)COC(=O)/C=C/c2c(C)nn([C@@H]3CCS(=O)(=O)C3)c2Cl)cc(C(=O)OC)c1. The molecule has 12 nitrogen and oxygen atoms in total. The van der Waals surface area contributed by atoms with E-state index in [1.165, 1.54) is 29.0 Å². The zero-order valence-corrected chi connectivity index (χ0v) is 21.7. The molecule has 0 aliphatic carbocycles. The van der Waals surface area contributed by atoms with Crippen molar-refractivity contribution in [1.82, 2.24) is 9.78 Å². The van der Waals surface area contributed by atoms with Crippen LogP contribution in [0.5, 0.6) is 0 Å². The normalized spacial score (nSPS) is 16.4. The van der Waals surface area contributed by atoms with Crippen molar-refractivity contribution in [2.45, 2.75) is 19.4 Å². The van der Waals surface area contributed by atoms with Gasteiger partial charge in [0, 0.05) is 17.3 Å². The molecule has 2 heterocycles. The molecule has 37 heavy (non-hydrogen) atoms. The number of ether oxygens (including phenoxy) is 3. The van der Waals surface area contributed by atoms with Crippen LogP contribution in [0.1, 0.15) is 44.4 Å². The minimum absolute atomic E-state index is 0.00336. The molecule has 1 saturated heterocycles. The molecule has 1 aliphatic rings. The van der Waals surface area contributed by atoms with E-state index in [4.69, 9.17) is 16.3 Å². The molecule has 1 amide bonds. The molecular formula is C23H24ClN3O9S. The van der Waals surface area contributed by atoms with Gasteiger partial charge in [-0.3, -0.25) is 4.79 Å². The van der Waals surface area contributed by atoms with E-state index >= 15 is 0 Å². The molecule has 1 atom stereocenters. The molecule has 1 fully saturated rings. The Morgan fingerprint density at radius 1 is 1.14 bits per heavy atom. The number of nitrogens with one attached hydrogen (secondary N) is 1. The lowest BCUT2D eigenvalue weighted by molar-refractivity contribution is -0.142. The summed E-state index contributed by atoms with van der Waals surface area (Å²) in [6.07, 6.45) is 2.83. The third kappa shape index (κ3) is 6.95. The first-order chi connectivity index (χ1) is 17.4. The van der Waals surface area contributed by atoms with Gasteiger partial charge in [-0.15, -0.1) is 0 Å². The molecule has 198 valence electrons. The number of halogens is 1. The second-order valence-electron chi connectivity index (χ2n) is 8.06. The van der Waals surface area contributed by atoms with Crippen molar-refractivity contribution in [1.29, 1.82) is 0 Å². The first kappa shape index (κ1) is 27.9. The number of anilines is 1. The quantitative estimate of drug-likeness (QED) is 0.291. The summed E-state index contributed by atoms with van der Waals surface area (Å²) < 4.78 is 39.2. The van der Waals surface area contributed by atoms with Crippen molar-refractivity contribution in [3.05, 3.63) is 51.8 Å². The summed E-state index contributed by atoms with van der Waals surface area (Å²) in [5.74, 6) is -3.04. The van der Waals surface area contributed by atoms with E-state index in [1.54, 1.807) is 6.92 Å². The zero-order valence-electron chi connectivity index (χ0n) is 20.1. The van der Waals surface area contributed by atoms with Crippen LogP contribution in [0.15, 0.2) is 24.3 Å². The summed E-state index contributed by atoms with van der Waals surface area (Å²) in [5, 5.41) is 6.91. The van der Waals surface area contributed by atoms with E-state index < -0.39 is 40.3 Å². The van der Waals surface area contributed by atoms with Gasteiger partial charge in [-0.05, 0) is 37.6 Å². The molecule has 1 aromatic carbocycles. The molecule has 0 spiro atoms. The maximum Gasteiger partial charge on any atom is 0.337 e. The largest absolute Gasteiger partial charge is 0.465 e. The molecule has 1 N–H and O–H groups in total. The average Bonchev–Trinajstić information content (AvgIpc) is 3.37. The number of sulfone groups is 1. The number of carbonyl (C=O) groups excluding carboxylic acids is 4. The van der Waals surface area contributed by atoms with Crippen molar-refractivity contribution < 1.29 is 41.8 Å². The Morgan fingerprint density at radius 2 is 1.76 bits per heavy atom. The fraction of sp³-hybridized carbons (Fsp3) is 0.348. The number of benzene rings is 1. The van der Waals surface area contributed by atoms with Crippen molar-refractivity contribution in [3.63, 3.8) is 0 Å². The highest BCUT2D eigenvalue weighted by molar-refractivity contribution is 7.91. The highest BCUT2D eigenvalue weighted by Gasteiger charge is 2.31. The number of aryl methyl sites for hydroxylation is 1. The molecule has 0 bridgehead atoms. The predicted octanol–water partition coefficient (Wildman–Crippen LogP) is 1.97. The van der Waals surface area contributed by atoms with Crippen LogP contribution in [0.2, 0.25) is 5.15 Å². The Morgan fingerprint density at radius 3 is 2.30 bits per heavy atom. The Kier molecular flexibility index (Phi) is 8.71. The highest BCUT2D eigenvalue weighted by Crippen LogP contribution is 2.30. The maximum atomic E-state index is 12.3. The van der Waals surface area contributed by atoms with Crippen molar-refractivity contribution in [3.8, 4) is 0 Å². The van der Waals surface area contributed by atoms with Gasteiger partial charge >= 0.3 is 17.9 Å². The van der Waals surface area contributed by atoms with Gasteiger partial charge in [0.2, 0.25) is 0 Å². The number of hydrogen-bond acceptors (Lipinski definition) is 10. The third-order valence-corrected chi connectivity index (χ3v) is 7.54. The molecule has 1 aliphatic heterocycles. The van der Waals surface area contributed by atoms with E-state index in [1.807, 2.05) is 0 Å². The lowest BCUT2D eigenvalue weighted by Gasteiger charge is -2.10. The van der Waals surface area contributed by atoms with E-state index in [-0.39, 0.29) is 39.5 Å². The number of nitrogens with zero attached hydrogens (tertiary/aromatic N) is 2. The van der Waals surface area contributed by atoms with Crippen LogP contribution in [0.4, 0.5) is 5.69 Å². The number of rotatable bonds is 8. The number of methoxy groups -OCH3 is 2. The third-order valence-electron chi connectivity index (χ3n) is 5.42. The highest BCUT2D eigenvalue weighted by atomic mass is 35.5. The summed E-state index contributed by atoms with van der Waals surface area (Å²) in [4.78, 5) is 48.2. The monoisotopic (exact) mass is 553 g/mol. The van der Waals surface area contributed by atoms with Crippen molar-refractivity contribution in [2.24, 2.45) is 0 Å². The van der Waals surface area contributed by atoms with Crippen LogP contribution in [0.3, 0.4) is 0 Å². The van der Waals surface area contributed by atoms with Gasteiger partial charge in [0.15, 0.2) is 16.4 Å². The lowest BCUT2D eigenvalue weighted by Crippen LogP contribution is -2.20. The van der Waals surface area contributed by atoms with Crippen LogP contribution >= 0.6 is 11.6 Å². The molecule has 14 heteroatoms.